The van der Waals surface area contributed by atoms with Crippen LogP contribution >= 0.6 is 24.0 Å². The Balaban J connectivity index is 0. The fourth-order valence-electron chi connectivity index (χ4n) is 0. The SMILES string of the molecule is CCC.CSC(N)=S. The number of hydrogen-bond acceptors (Lipinski definition) is 2. The molecule has 0 aromatic rings. The summed E-state index contributed by atoms with van der Waals surface area (Å²) in [6.45, 7) is 4.25. The molecule has 0 saturated carbocycles. The summed E-state index contributed by atoms with van der Waals surface area (Å²) < 4.78 is 0.505. The number of nitrogens with two attached hydrogens (primary N) is 1. The Labute approximate surface area is 61.0 Å². The summed E-state index contributed by atoms with van der Waals surface area (Å²) in [4.78, 5) is 0. The van der Waals surface area contributed by atoms with Crippen molar-refractivity contribution in [3.8, 4) is 0 Å². The Morgan fingerprint density at radius 3 is 1.75 bits per heavy atom. The van der Waals surface area contributed by atoms with E-state index in [4.69, 9.17) is 5.73 Å². The molecule has 0 bridgehead atoms. The molecule has 0 aliphatic rings. The Morgan fingerprint density at radius 2 is 1.75 bits per heavy atom. The molecule has 0 saturated heterocycles. The van der Waals surface area contributed by atoms with Crippen LogP contribution < -0.4 is 5.73 Å². The zero-order valence-electron chi connectivity index (χ0n) is 5.60. The van der Waals surface area contributed by atoms with Gasteiger partial charge in [0.2, 0.25) is 0 Å². The van der Waals surface area contributed by atoms with Crippen molar-refractivity contribution in [3.63, 3.8) is 0 Å². The van der Waals surface area contributed by atoms with Gasteiger partial charge in [-0.05, 0) is 6.26 Å². The average Bonchev–Trinajstić information content (AvgIpc) is 1.69. The molecule has 0 amide bonds. The zero-order valence-corrected chi connectivity index (χ0v) is 7.23. The lowest BCUT2D eigenvalue weighted by atomic mass is 10.6. The van der Waals surface area contributed by atoms with Gasteiger partial charge in [-0.3, -0.25) is 0 Å². The van der Waals surface area contributed by atoms with E-state index in [1.807, 2.05) is 6.26 Å². The van der Waals surface area contributed by atoms with Crippen molar-refractivity contribution in [2.45, 2.75) is 20.3 Å². The van der Waals surface area contributed by atoms with Gasteiger partial charge < -0.3 is 5.73 Å². The van der Waals surface area contributed by atoms with Crippen LogP contribution in [0.15, 0.2) is 0 Å². The Kier molecular flexibility index (Phi) is 14.2. The summed E-state index contributed by atoms with van der Waals surface area (Å²) in [5.41, 5.74) is 4.99. The molecule has 1 nitrogen and oxygen atoms in total. The summed E-state index contributed by atoms with van der Waals surface area (Å²) in [5, 5.41) is 0. The fraction of sp³-hybridized carbons (Fsp3) is 0.800. The van der Waals surface area contributed by atoms with Crippen LogP contribution in [0.2, 0.25) is 0 Å². The van der Waals surface area contributed by atoms with Crippen LogP contribution in [0.25, 0.3) is 0 Å². The van der Waals surface area contributed by atoms with Crippen molar-refractivity contribution in [2.24, 2.45) is 5.73 Å². The molecule has 0 radical (unpaired) electrons. The van der Waals surface area contributed by atoms with Crippen molar-refractivity contribution >= 4 is 28.3 Å². The second kappa shape index (κ2) is 10.3. The first-order valence-corrected chi connectivity index (χ1v) is 4.15. The molecule has 0 rings (SSSR count). The topological polar surface area (TPSA) is 26.0 Å². The monoisotopic (exact) mass is 151 g/mol. The standard InChI is InChI=1S/C3H8.C2H5NS2/c1-3-2;1-5-2(3)4/h3H2,1-2H3;1H3,(H2,3,4). The van der Waals surface area contributed by atoms with Gasteiger partial charge in [-0.2, -0.15) is 0 Å². The third kappa shape index (κ3) is 34.1. The largest absolute Gasteiger partial charge is 0.385 e. The second-order valence-electron chi connectivity index (χ2n) is 1.23. The summed E-state index contributed by atoms with van der Waals surface area (Å²) in [6.07, 6.45) is 3.10. The van der Waals surface area contributed by atoms with Crippen LogP contribution in [0.3, 0.4) is 0 Å². The van der Waals surface area contributed by atoms with E-state index in [2.05, 4.69) is 26.1 Å². The quantitative estimate of drug-likeness (QED) is 0.536. The van der Waals surface area contributed by atoms with E-state index < -0.39 is 0 Å². The Morgan fingerprint density at radius 1 is 1.62 bits per heavy atom. The van der Waals surface area contributed by atoms with Crippen LogP contribution in [0.4, 0.5) is 0 Å². The van der Waals surface area contributed by atoms with Gasteiger partial charge in [0.05, 0.1) is 0 Å². The highest BCUT2D eigenvalue weighted by Crippen LogP contribution is 1.86. The lowest BCUT2D eigenvalue weighted by Gasteiger charge is -1.78. The highest BCUT2D eigenvalue weighted by Gasteiger charge is 1.71. The van der Waals surface area contributed by atoms with E-state index in [0.29, 0.717) is 4.32 Å². The third-order valence-corrected chi connectivity index (χ3v) is 1.10. The minimum absolute atomic E-state index is 0.505. The molecule has 0 aliphatic carbocycles. The first-order valence-electron chi connectivity index (χ1n) is 2.52. The van der Waals surface area contributed by atoms with E-state index in [0.717, 1.165) is 0 Å². The molecule has 8 heavy (non-hydrogen) atoms. The smallest absolute Gasteiger partial charge is 0.130 e. The first-order chi connectivity index (χ1) is 3.68. The molecule has 3 heteroatoms. The molecule has 0 heterocycles. The number of thioether (sulfide) groups is 1. The molecule has 0 fully saturated rings. The van der Waals surface area contributed by atoms with Gasteiger partial charge in [-0.1, -0.05) is 32.5 Å². The molecular formula is C5H13NS2. The van der Waals surface area contributed by atoms with Crippen LogP contribution in [0.5, 0.6) is 0 Å². The van der Waals surface area contributed by atoms with E-state index in [1.54, 1.807) is 0 Å². The van der Waals surface area contributed by atoms with Gasteiger partial charge >= 0.3 is 0 Å². The maximum Gasteiger partial charge on any atom is 0.130 e. The molecule has 50 valence electrons. The van der Waals surface area contributed by atoms with E-state index in [9.17, 15) is 0 Å². The average molecular weight is 151 g/mol. The zero-order chi connectivity index (χ0) is 6.99. The predicted octanol–water partition coefficient (Wildman–Crippen LogP) is 2.01. The van der Waals surface area contributed by atoms with Crippen LogP contribution in [-0.2, 0) is 0 Å². The first kappa shape index (κ1) is 11.1. The van der Waals surface area contributed by atoms with E-state index >= 15 is 0 Å². The van der Waals surface area contributed by atoms with Gasteiger partial charge in [-0.15, -0.1) is 11.8 Å². The third-order valence-electron chi connectivity index (χ3n) is 0.201. The van der Waals surface area contributed by atoms with Crippen molar-refractivity contribution < 1.29 is 0 Å². The lowest BCUT2D eigenvalue weighted by Crippen LogP contribution is -1.98. The highest BCUT2D eigenvalue weighted by molar-refractivity contribution is 8.22. The maximum atomic E-state index is 4.99. The molecule has 0 atom stereocenters. The molecule has 2 N–H and O–H groups in total. The maximum absolute atomic E-state index is 4.99. The minimum atomic E-state index is 0.505. The summed E-state index contributed by atoms with van der Waals surface area (Å²) in [5.74, 6) is 0. The molecule has 0 aromatic heterocycles. The van der Waals surface area contributed by atoms with Gasteiger partial charge in [0.1, 0.15) is 4.32 Å². The van der Waals surface area contributed by atoms with Crippen LogP contribution in [-0.4, -0.2) is 10.6 Å². The molecule has 0 aromatic carbocycles. The van der Waals surface area contributed by atoms with Crippen molar-refractivity contribution in [2.75, 3.05) is 6.26 Å². The lowest BCUT2D eigenvalue weighted by molar-refractivity contribution is 1.09. The van der Waals surface area contributed by atoms with Crippen molar-refractivity contribution in [3.05, 3.63) is 0 Å². The predicted molar refractivity (Wildman–Crippen MR) is 46.3 cm³/mol. The molecule has 0 spiro atoms. The molecule has 0 unspecified atom stereocenters. The van der Waals surface area contributed by atoms with Gasteiger partial charge in [0.15, 0.2) is 0 Å². The van der Waals surface area contributed by atoms with E-state index in [-0.39, 0.29) is 0 Å². The molecular weight excluding hydrogens is 138 g/mol. The van der Waals surface area contributed by atoms with Crippen LogP contribution in [0, 0.1) is 0 Å². The Hall–Kier alpha value is 0.240. The van der Waals surface area contributed by atoms with E-state index in [1.165, 1.54) is 18.2 Å². The highest BCUT2D eigenvalue weighted by atomic mass is 32.2. The van der Waals surface area contributed by atoms with Gasteiger partial charge in [0, 0.05) is 0 Å². The minimum Gasteiger partial charge on any atom is -0.385 e. The normalized spacial score (nSPS) is 6.88. The van der Waals surface area contributed by atoms with Crippen molar-refractivity contribution in [1.82, 2.24) is 0 Å². The number of hydrogen-bond donors (Lipinski definition) is 1. The molecule has 0 aliphatic heterocycles. The van der Waals surface area contributed by atoms with Gasteiger partial charge in [0.25, 0.3) is 0 Å². The summed E-state index contributed by atoms with van der Waals surface area (Å²) >= 11 is 5.83. The number of rotatable bonds is 0. The van der Waals surface area contributed by atoms with Gasteiger partial charge in [-0.25, -0.2) is 0 Å². The van der Waals surface area contributed by atoms with Crippen LogP contribution in [0.1, 0.15) is 20.3 Å². The summed E-state index contributed by atoms with van der Waals surface area (Å²) in [7, 11) is 0. The van der Waals surface area contributed by atoms with Crippen molar-refractivity contribution in [1.29, 1.82) is 0 Å². The number of thiocarbonyl (C=S) groups is 1. The summed E-state index contributed by atoms with van der Waals surface area (Å²) in [6, 6.07) is 0. The fourth-order valence-corrected chi connectivity index (χ4v) is 0. The Bertz CT molecular complexity index is 54.4. The second-order valence-corrected chi connectivity index (χ2v) is 2.78.